The van der Waals surface area contributed by atoms with Crippen molar-refractivity contribution in [2.75, 3.05) is 20.1 Å². The van der Waals surface area contributed by atoms with E-state index in [4.69, 9.17) is 0 Å². The monoisotopic (exact) mass is 410 g/mol. The Balaban J connectivity index is 1.86. The highest BCUT2D eigenvalue weighted by Gasteiger charge is 2.38. The summed E-state index contributed by atoms with van der Waals surface area (Å²) in [5.74, 6) is -1.11. The number of alkyl halides is 3. The maximum atomic E-state index is 13.4. The van der Waals surface area contributed by atoms with Crippen LogP contribution in [0.2, 0.25) is 0 Å². The Morgan fingerprint density at radius 3 is 2.28 bits per heavy atom. The molecule has 0 spiro atoms. The second-order valence-corrected chi connectivity index (χ2v) is 8.38. The van der Waals surface area contributed by atoms with E-state index in [2.05, 4.69) is 23.7 Å². The summed E-state index contributed by atoms with van der Waals surface area (Å²) in [6.07, 6.45) is -2.76. The van der Waals surface area contributed by atoms with Crippen LogP contribution in [0.4, 0.5) is 13.2 Å². The molecule has 1 aromatic carbocycles. The third-order valence-corrected chi connectivity index (χ3v) is 5.80. The molecule has 1 aromatic heterocycles. The highest BCUT2D eigenvalue weighted by Crippen LogP contribution is 2.34. The molecule has 5 nitrogen and oxygen atoms in total. The van der Waals surface area contributed by atoms with Crippen molar-refractivity contribution in [3.63, 3.8) is 0 Å². The molecule has 3 rings (SSSR count). The Kier molecular flexibility index (Phi) is 5.94. The van der Waals surface area contributed by atoms with Crippen molar-refractivity contribution in [1.29, 1.82) is 0 Å². The van der Waals surface area contributed by atoms with Crippen LogP contribution in [-0.4, -0.2) is 57.5 Å². The first kappa shape index (κ1) is 21.6. The standard InChI is InChI=1S/C21H29F3N4O/c1-13(2)27-10-8-16(9-11-27)26(5)19(29)15-6-7-18-17(12-15)25-20(21(22,23)24)28(18)14(3)4/h6-7,12-14,16H,8-11H2,1-5H3. The van der Waals surface area contributed by atoms with Crippen molar-refractivity contribution >= 4 is 16.9 Å². The molecule has 1 saturated heterocycles. The zero-order valence-corrected chi connectivity index (χ0v) is 17.6. The highest BCUT2D eigenvalue weighted by atomic mass is 19.4. The third kappa shape index (κ3) is 4.27. The molecule has 0 N–H and O–H groups in total. The van der Waals surface area contributed by atoms with E-state index in [-0.39, 0.29) is 17.5 Å². The molecule has 0 bridgehead atoms. The molecule has 0 unspecified atom stereocenters. The number of fused-ring (bicyclic) bond motifs is 1. The van der Waals surface area contributed by atoms with Gasteiger partial charge in [-0.25, -0.2) is 4.98 Å². The first-order valence-corrected chi connectivity index (χ1v) is 10.1. The van der Waals surface area contributed by atoms with Gasteiger partial charge in [-0.05, 0) is 58.7 Å². The van der Waals surface area contributed by atoms with Gasteiger partial charge in [0.05, 0.1) is 11.0 Å². The maximum Gasteiger partial charge on any atom is 0.449 e. The lowest BCUT2D eigenvalue weighted by atomic mass is 10.0. The van der Waals surface area contributed by atoms with Gasteiger partial charge in [0.1, 0.15) is 0 Å². The van der Waals surface area contributed by atoms with Gasteiger partial charge in [-0.3, -0.25) is 4.79 Å². The van der Waals surface area contributed by atoms with Crippen LogP contribution in [0.3, 0.4) is 0 Å². The van der Waals surface area contributed by atoms with E-state index in [1.165, 1.54) is 10.6 Å². The minimum atomic E-state index is -4.55. The fourth-order valence-electron chi connectivity index (χ4n) is 4.11. The summed E-state index contributed by atoms with van der Waals surface area (Å²) in [6, 6.07) is 4.87. The van der Waals surface area contributed by atoms with Crippen molar-refractivity contribution in [3.05, 3.63) is 29.6 Å². The van der Waals surface area contributed by atoms with Crippen LogP contribution in [0.1, 0.15) is 62.8 Å². The van der Waals surface area contributed by atoms with Crippen molar-refractivity contribution < 1.29 is 18.0 Å². The average Bonchev–Trinajstić information content (AvgIpc) is 3.06. The number of carbonyl (C=O) groups excluding carboxylic acids is 1. The van der Waals surface area contributed by atoms with E-state index < -0.39 is 18.0 Å². The molecular weight excluding hydrogens is 381 g/mol. The minimum absolute atomic E-state index is 0.132. The van der Waals surface area contributed by atoms with E-state index in [1.54, 1.807) is 37.9 Å². The zero-order valence-electron chi connectivity index (χ0n) is 17.6. The minimum Gasteiger partial charge on any atom is -0.339 e. The number of benzene rings is 1. The number of hydrogen-bond donors (Lipinski definition) is 0. The Hall–Kier alpha value is -2.09. The molecule has 0 radical (unpaired) electrons. The Morgan fingerprint density at radius 2 is 1.76 bits per heavy atom. The largest absolute Gasteiger partial charge is 0.449 e. The van der Waals surface area contributed by atoms with Crippen LogP contribution in [0.25, 0.3) is 11.0 Å². The number of likely N-dealkylation sites (tertiary alicyclic amines) is 1. The zero-order chi connectivity index (χ0) is 21.5. The summed E-state index contributed by atoms with van der Waals surface area (Å²) in [7, 11) is 1.77. The quantitative estimate of drug-likeness (QED) is 0.741. The number of piperidine rings is 1. The number of amides is 1. The summed E-state index contributed by atoms with van der Waals surface area (Å²) in [5.41, 5.74) is 0.949. The van der Waals surface area contributed by atoms with Gasteiger partial charge in [0.25, 0.3) is 5.91 Å². The van der Waals surface area contributed by atoms with Crippen molar-refractivity contribution in [2.45, 2.75) is 64.8 Å². The molecule has 2 heterocycles. The van der Waals surface area contributed by atoms with Crippen LogP contribution < -0.4 is 0 Å². The van der Waals surface area contributed by atoms with Crippen molar-refractivity contribution in [2.24, 2.45) is 0 Å². The SMILES string of the molecule is CC(C)N1CCC(N(C)C(=O)c2ccc3c(c2)nc(C(F)(F)F)n3C(C)C)CC1. The van der Waals surface area contributed by atoms with Gasteiger partial charge in [0, 0.05) is 43.8 Å². The van der Waals surface area contributed by atoms with E-state index in [1.807, 2.05) is 0 Å². The smallest absolute Gasteiger partial charge is 0.339 e. The van der Waals surface area contributed by atoms with Crippen LogP contribution in [0.5, 0.6) is 0 Å². The molecule has 1 aliphatic heterocycles. The van der Waals surface area contributed by atoms with Gasteiger partial charge >= 0.3 is 6.18 Å². The lowest BCUT2D eigenvalue weighted by Gasteiger charge is -2.38. The predicted octanol–water partition coefficient (Wildman–Crippen LogP) is 4.58. The van der Waals surface area contributed by atoms with Gasteiger partial charge in [-0.15, -0.1) is 0 Å². The van der Waals surface area contributed by atoms with Crippen LogP contribution in [0, 0.1) is 0 Å². The van der Waals surface area contributed by atoms with Crippen LogP contribution in [-0.2, 0) is 6.18 Å². The number of hydrogen-bond acceptors (Lipinski definition) is 3. The van der Waals surface area contributed by atoms with Gasteiger partial charge in [0.15, 0.2) is 0 Å². The van der Waals surface area contributed by atoms with Gasteiger partial charge < -0.3 is 14.4 Å². The topological polar surface area (TPSA) is 41.4 Å². The summed E-state index contributed by atoms with van der Waals surface area (Å²) in [6.45, 7) is 9.57. The van der Waals surface area contributed by atoms with Crippen LogP contribution in [0.15, 0.2) is 18.2 Å². The Bertz CT molecular complexity index is 880. The Morgan fingerprint density at radius 1 is 1.14 bits per heavy atom. The van der Waals surface area contributed by atoms with Gasteiger partial charge in [-0.1, -0.05) is 0 Å². The van der Waals surface area contributed by atoms with E-state index >= 15 is 0 Å². The fraction of sp³-hybridized carbons (Fsp3) is 0.619. The summed E-state index contributed by atoms with van der Waals surface area (Å²) < 4.78 is 41.4. The van der Waals surface area contributed by atoms with E-state index in [0.29, 0.717) is 17.1 Å². The first-order chi connectivity index (χ1) is 13.5. The number of carbonyl (C=O) groups is 1. The van der Waals surface area contributed by atoms with Crippen LogP contribution >= 0.6 is 0 Å². The molecule has 2 aromatic rings. The number of rotatable bonds is 4. The molecular formula is C21H29F3N4O. The molecule has 0 atom stereocenters. The number of nitrogens with zero attached hydrogens (tertiary/aromatic N) is 4. The van der Waals surface area contributed by atoms with Gasteiger partial charge in [-0.2, -0.15) is 13.2 Å². The second-order valence-electron chi connectivity index (χ2n) is 8.38. The second kappa shape index (κ2) is 7.97. The number of aromatic nitrogens is 2. The summed E-state index contributed by atoms with van der Waals surface area (Å²) >= 11 is 0. The van der Waals surface area contributed by atoms with Crippen molar-refractivity contribution in [3.8, 4) is 0 Å². The molecule has 0 saturated carbocycles. The fourth-order valence-corrected chi connectivity index (χ4v) is 4.11. The number of imidazole rings is 1. The normalized spacial score (nSPS) is 16.9. The van der Waals surface area contributed by atoms with E-state index in [0.717, 1.165) is 25.9 Å². The molecule has 160 valence electrons. The Labute approximate surface area is 169 Å². The number of halogens is 3. The van der Waals surface area contributed by atoms with Crippen molar-refractivity contribution in [1.82, 2.24) is 19.4 Å². The van der Waals surface area contributed by atoms with E-state index in [9.17, 15) is 18.0 Å². The highest BCUT2D eigenvalue weighted by molar-refractivity contribution is 5.97. The molecule has 1 fully saturated rings. The average molecular weight is 410 g/mol. The molecule has 1 amide bonds. The lowest BCUT2D eigenvalue weighted by molar-refractivity contribution is -0.147. The molecule has 8 heteroatoms. The molecule has 0 aliphatic carbocycles. The molecule has 1 aliphatic rings. The maximum absolute atomic E-state index is 13.4. The predicted molar refractivity (Wildman–Crippen MR) is 107 cm³/mol. The summed E-state index contributed by atoms with van der Waals surface area (Å²) in [4.78, 5) is 20.9. The first-order valence-electron chi connectivity index (χ1n) is 10.1. The summed E-state index contributed by atoms with van der Waals surface area (Å²) in [5, 5.41) is 0. The molecule has 29 heavy (non-hydrogen) atoms. The third-order valence-electron chi connectivity index (χ3n) is 5.80. The lowest BCUT2D eigenvalue weighted by Crippen LogP contribution is -2.47. The van der Waals surface area contributed by atoms with Gasteiger partial charge in [0.2, 0.25) is 5.82 Å².